The van der Waals surface area contributed by atoms with E-state index in [9.17, 15) is 4.79 Å². The molecule has 2 rings (SSSR count). The minimum atomic E-state index is -0.840. The lowest BCUT2D eigenvalue weighted by Gasteiger charge is -2.20. The van der Waals surface area contributed by atoms with Gasteiger partial charge in [0.1, 0.15) is 5.54 Å². The molecule has 1 amide bonds. The molecule has 0 aliphatic carbocycles. The number of rotatable bonds is 5. The Hall–Kier alpha value is -1.47. The third-order valence-electron chi connectivity index (χ3n) is 2.83. The van der Waals surface area contributed by atoms with Gasteiger partial charge in [-0.2, -0.15) is 0 Å². The summed E-state index contributed by atoms with van der Waals surface area (Å²) in [6.07, 6.45) is 4.80. The molecule has 1 aliphatic rings. The first kappa shape index (κ1) is 12.0. The molecule has 1 aromatic rings. The second-order valence-electron chi connectivity index (χ2n) is 4.23. The molecule has 1 fully saturated rings. The summed E-state index contributed by atoms with van der Waals surface area (Å²) in [5.74, 6) is -0.131. The van der Waals surface area contributed by atoms with Crippen LogP contribution in [0.4, 0.5) is 0 Å². The van der Waals surface area contributed by atoms with E-state index in [1.165, 1.54) is 0 Å². The Kier molecular flexibility index (Phi) is 3.70. The van der Waals surface area contributed by atoms with Gasteiger partial charge in [0.15, 0.2) is 0 Å². The predicted molar refractivity (Wildman–Crippen MR) is 60.0 cm³/mol. The second kappa shape index (κ2) is 5.24. The van der Waals surface area contributed by atoms with Gasteiger partial charge in [-0.25, -0.2) is 0 Å². The highest BCUT2D eigenvalue weighted by Gasteiger charge is 2.37. The van der Waals surface area contributed by atoms with Crippen LogP contribution in [0, 0.1) is 0 Å². The fourth-order valence-electron chi connectivity index (χ4n) is 1.73. The summed E-state index contributed by atoms with van der Waals surface area (Å²) in [5.41, 5.74) is 5.07. The molecule has 7 nitrogen and oxygen atoms in total. The van der Waals surface area contributed by atoms with Crippen molar-refractivity contribution in [1.29, 1.82) is 0 Å². The number of nitrogens with two attached hydrogens (primary N) is 1. The Balaban J connectivity index is 1.66. The zero-order chi connectivity index (χ0) is 12.1. The Bertz CT molecular complexity index is 359. The average molecular weight is 239 g/mol. The molecule has 17 heavy (non-hydrogen) atoms. The van der Waals surface area contributed by atoms with Crippen molar-refractivity contribution in [1.82, 2.24) is 20.3 Å². The van der Waals surface area contributed by atoms with Crippen molar-refractivity contribution in [3.8, 4) is 0 Å². The maximum absolute atomic E-state index is 11.8. The third kappa shape index (κ3) is 3.01. The number of carbonyl (C=O) groups excluding carboxylic acids is 1. The Labute approximate surface area is 99.3 Å². The lowest BCUT2D eigenvalue weighted by molar-refractivity contribution is -0.126. The molecule has 0 bridgehead atoms. The van der Waals surface area contributed by atoms with E-state index in [-0.39, 0.29) is 5.91 Å². The topological polar surface area (TPSA) is 95.1 Å². The van der Waals surface area contributed by atoms with Crippen molar-refractivity contribution < 1.29 is 9.53 Å². The molecule has 7 heteroatoms. The molecule has 1 unspecified atom stereocenters. The smallest absolute Gasteiger partial charge is 0.242 e. The summed E-state index contributed by atoms with van der Waals surface area (Å²) in [7, 11) is 0. The molecular formula is C10H17N5O2. The van der Waals surface area contributed by atoms with Gasteiger partial charge in [0.2, 0.25) is 5.91 Å². The zero-order valence-electron chi connectivity index (χ0n) is 9.63. The summed E-state index contributed by atoms with van der Waals surface area (Å²) in [5, 5.41) is 10.4. The van der Waals surface area contributed by atoms with Crippen LogP contribution in [0.3, 0.4) is 0 Å². The Morgan fingerprint density at radius 2 is 2.53 bits per heavy atom. The first-order valence-corrected chi connectivity index (χ1v) is 5.70. The summed E-state index contributed by atoms with van der Waals surface area (Å²) in [6, 6.07) is 0. The van der Waals surface area contributed by atoms with Crippen LogP contribution >= 0.6 is 0 Å². The zero-order valence-corrected chi connectivity index (χ0v) is 9.63. The van der Waals surface area contributed by atoms with Crippen molar-refractivity contribution in [3.63, 3.8) is 0 Å². The third-order valence-corrected chi connectivity index (χ3v) is 2.83. The molecule has 2 heterocycles. The maximum atomic E-state index is 11.8. The number of amides is 1. The first-order chi connectivity index (χ1) is 8.21. The number of aromatic nitrogens is 3. The van der Waals surface area contributed by atoms with E-state index < -0.39 is 5.54 Å². The number of hydrogen-bond acceptors (Lipinski definition) is 5. The monoisotopic (exact) mass is 239 g/mol. The van der Waals surface area contributed by atoms with Crippen LogP contribution in [-0.2, 0) is 16.1 Å². The lowest BCUT2D eigenvalue weighted by atomic mass is 9.99. The van der Waals surface area contributed by atoms with Crippen molar-refractivity contribution >= 4 is 5.91 Å². The molecule has 0 spiro atoms. The number of carbonyl (C=O) groups is 1. The van der Waals surface area contributed by atoms with E-state index >= 15 is 0 Å². The van der Waals surface area contributed by atoms with E-state index in [1.807, 2.05) is 0 Å². The minimum Gasteiger partial charge on any atom is -0.379 e. The van der Waals surface area contributed by atoms with E-state index in [0.29, 0.717) is 26.2 Å². The molecular weight excluding hydrogens is 222 g/mol. The second-order valence-corrected chi connectivity index (χ2v) is 4.23. The van der Waals surface area contributed by atoms with Crippen LogP contribution in [0.2, 0.25) is 0 Å². The van der Waals surface area contributed by atoms with Crippen LogP contribution in [0.25, 0.3) is 0 Å². The molecule has 3 N–H and O–H groups in total. The van der Waals surface area contributed by atoms with Gasteiger partial charge in [0, 0.05) is 25.9 Å². The van der Waals surface area contributed by atoms with Gasteiger partial charge in [-0.3, -0.25) is 9.48 Å². The highest BCUT2D eigenvalue weighted by atomic mass is 16.5. The molecule has 1 saturated heterocycles. The normalized spacial score (nSPS) is 23.8. The van der Waals surface area contributed by atoms with Gasteiger partial charge >= 0.3 is 0 Å². The summed E-state index contributed by atoms with van der Waals surface area (Å²) in [6.45, 7) is 2.18. The SMILES string of the molecule is NC1(C(=O)NCCCn2ccnn2)CCOC1. The van der Waals surface area contributed by atoms with Crippen LogP contribution in [-0.4, -0.2) is 46.2 Å². The van der Waals surface area contributed by atoms with Crippen LogP contribution in [0.5, 0.6) is 0 Å². The molecule has 1 aromatic heterocycles. The number of hydrogen-bond donors (Lipinski definition) is 2. The standard InChI is InChI=1S/C10H17N5O2/c11-10(2-7-17-8-10)9(16)12-3-1-5-15-6-4-13-14-15/h4,6H,1-3,5,7-8,11H2,(H,12,16). The van der Waals surface area contributed by atoms with E-state index in [4.69, 9.17) is 10.5 Å². The van der Waals surface area contributed by atoms with Crippen LogP contribution in [0.1, 0.15) is 12.8 Å². The fourth-order valence-corrected chi connectivity index (χ4v) is 1.73. The number of aryl methyl sites for hydroxylation is 1. The Morgan fingerprint density at radius 1 is 1.65 bits per heavy atom. The minimum absolute atomic E-state index is 0.131. The predicted octanol–water partition coefficient (Wildman–Crippen LogP) is -1.10. The van der Waals surface area contributed by atoms with E-state index in [0.717, 1.165) is 13.0 Å². The van der Waals surface area contributed by atoms with E-state index in [2.05, 4.69) is 15.6 Å². The number of ether oxygens (including phenoxy) is 1. The highest BCUT2D eigenvalue weighted by Crippen LogP contribution is 2.15. The first-order valence-electron chi connectivity index (χ1n) is 5.70. The highest BCUT2D eigenvalue weighted by molar-refractivity contribution is 5.86. The molecule has 0 aromatic carbocycles. The van der Waals surface area contributed by atoms with Crippen LogP contribution in [0.15, 0.2) is 12.4 Å². The summed E-state index contributed by atoms with van der Waals surface area (Å²) in [4.78, 5) is 11.8. The van der Waals surface area contributed by atoms with Crippen molar-refractivity contribution in [2.45, 2.75) is 24.9 Å². The van der Waals surface area contributed by atoms with Crippen molar-refractivity contribution in [2.24, 2.45) is 5.73 Å². The van der Waals surface area contributed by atoms with Gasteiger partial charge in [-0.05, 0) is 12.8 Å². The fraction of sp³-hybridized carbons (Fsp3) is 0.700. The largest absolute Gasteiger partial charge is 0.379 e. The quantitative estimate of drug-likeness (QED) is 0.636. The van der Waals surface area contributed by atoms with Gasteiger partial charge in [-0.15, -0.1) is 5.10 Å². The molecule has 1 atom stereocenters. The maximum Gasteiger partial charge on any atom is 0.242 e. The summed E-state index contributed by atoms with van der Waals surface area (Å²) < 4.78 is 6.86. The van der Waals surface area contributed by atoms with Gasteiger partial charge < -0.3 is 15.8 Å². The number of nitrogens with zero attached hydrogens (tertiary/aromatic N) is 3. The van der Waals surface area contributed by atoms with Gasteiger partial charge in [0.25, 0.3) is 0 Å². The van der Waals surface area contributed by atoms with Crippen molar-refractivity contribution in [2.75, 3.05) is 19.8 Å². The molecule has 0 radical (unpaired) electrons. The Morgan fingerprint density at radius 3 is 3.18 bits per heavy atom. The lowest BCUT2D eigenvalue weighted by Crippen LogP contribution is -2.54. The van der Waals surface area contributed by atoms with Crippen molar-refractivity contribution in [3.05, 3.63) is 12.4 Å². The number of nitrogens with one attached hydrogen (secondary N) is 1. The van der Waals surface area contributed by atoms with E-state index in [1.54, 1.807) is 17.1 Å². The van der Waals surface area contributed by atoms with Gasteiger partial charge in [-0.1, -0.05) is 5.21 Å². The summed E-state index contributed by atoms with van der Waals surface area (Å²) >= 11 is 0. The van der Waals surface area contributed by atoms with Gasteiger partial charge in [0.05, 0.1) is 12.8 Å². The van der Waals surface area contributed by atoms with Crippen LogP contribution < -0.4 is 11.1 Å². The molecule has 0 saturated carbocycles. The molecule has 1 aliphatic heterocycles. The molecule has 94 valence electrons. The average Bonchev–Trinajstić information content (AvgIpc) is 2.96.